The molecule has 0 spiro atoms. The minimum Gasteiger partial charge on any atom is -0.465 e. The molecule has 24 heavy (non-hydrogen) atoms. The fourth-order valence-electron chi connectivity index (χ4n) is 3.71. The quantitative estimate of drug-likeness (QED) is 0.631. The minimum absolute atomic E-state index is 0.251. The Kier molecular flexibility index (Phi) is 5.45. The van der Waals surface area contributed by atoms with E-state index >= 15 is 0 Å². The summed E-state index contributed by atoms with van der Waals surface area (Å²) in [6.07, 6.45) is 5.55. The number of carbonyl (C=O) groups is 1. The van der Waals surface area contributed by atoms with Crippen molar-refractivity contribution in [3.8, 4) is 0 Å². The van der Waals surface area contributed by atoms with Crippen LogP contribution in [0.2, 0.25) is 0 Å². The molecule has 1 saturated heterocycles. The largest absolute Gasteiger partial charge is 0.465 e. The second kappa shape index (κ2) is 7.40. The van der Waals surface area contributed by atoms with Gasteiger partial charge < -0.3 is 15.0 Å². The highest BCUT2D eigenvalue weighted by molar-refractivity contribution is 7.80. The van der Waals surface area contributed by atoms with Crippen molar-refractivity contribution in [1.82, 2.24) is 4.90 Å². The minimum atomic E-state index is -0.251. The number of fused-ring (bicyclic) bond motifs is 1. The van der Waals surface area contributed by atoms with Gasteiger partial charge in [-0.1, -0.05) is 13.8 Å². The van der Waals surface area contributed by atoms with Crippen molar-refractivity contribution >= 4 is 39.6 Å². The highest BCUT2D eigenvalue weighted by Crippen LogP contribution is 2.40. The van der Waals surface area contributed by atoms with Crippen LogP contribution in [-0.2, 0) is 17.6 Å². The van der Waals surface area contributed by atoms with E-state index in [1.54, 1.807) is 11.3 Å². The van der Waals surface area contributed by atoms with Gasteiger partial charge in [0, 0.05) is 18.0 Å². The Labute approximate surface area is 153 Å². The van der Waals surface area contributed by atoms with E-state index < -0.39 is 0 Å². The molecular formula is C18H26N2O2S2. The van der Waals surface area contributed by atoms with E-state index in [1.807, 2.05) is 0 Å². The van der Waals surface area contributed by atoms with Crippen molar-refractivity contribution in [1.29, 1.82) is 0 Å². The Morgan fingerprint density at radius 3 is 2.83 bits per heavy atom. The molecule has 1 fully saturated rings. The summed E-state index contributed by atoms with van der Waals surface area (Å²) < 4.78 is 5.04. The molecule has 2 atom stereocenters. The Morgan fingerprint density at radius 1 is 1.33 bits per heavy atom. The van der Waals surface area contributed by atoms with Gasteiger partial charge >= 0.3 is 5.97 Å². The maximum atomic E-state index is 12.3. The third-order valence-corrected chi connectivity index (χ3v) is 6.60. The summed E-state index contributed by atoms with van der Waals surface area (Å²) in [7, 11) is 1.45. The monoisotopic (exact) mass is 366 g/mol. The summed E-state index contributed by atoms with van der Waals surface area (Å²) in [5, 5.41) is 4.96. The van der Waals surface area contributed by atoms with E-state index in [1.165, 1.54) is 30.4 Å². The van der Waals surface area contributed by atoms with E-state index in [0.717, 1.165) is 42.5 Å². The zero-order valence-corrected chi connectivity index (χ0v) is 16.3. The van der Waals surface area contributed by atoms with Crippen LogP contribution in [0.25, 0.3) is 0 Å². The number of rotatable bonds is 2. The molecule has 132 valence electrons. The number of nitrogens with one attached hydrogen (secondary N) is 1. The number of hydrogen-bond acceptors (Lipinski definition) is 4. The van der Waals surface area contributed by atoms with Crippen LogP contribution in [0.5, 0.6) is 0 Å². The van der Waals surface area contributed by atoms with Gasteiger partial charge in [0.05, 0.1) is 12.7 Å². The van der Waals surface area contributed by atoms with Crippen LogP contribution < -0.4 is 5.32 Å². The van der Waals surface area contributed by atoms with Gasteiger partial charge in [0.2, 0.25) is 0 Å². The predicted molar refractivity (Wildman–Crippen MR) is 103 cm³/mol. The first-order chi connectivity index (χ1) is 11.5. The first-order valence-electron chi connectivity index (χ1n) is 8.78. The highest BCUT2D eigenvalue weighted by atomic mass is 32.1. The summed E-state index contributed by atoms with van der Waals surface area (Å²) in [6, 6.07) is 0. The summed E-state index contributed by atoms with van der Waals surface area (Å²) in [6.45, 7) is 6.51. The van der Waals surface area contributed by atoms with E-state index in [9.17, 15) is 4.79 Å². The number of ether oxygens (including phenoxy) is 1. The molecule has 1 aliphatic carbocycles. The Balaban J connectivity index is 1.84. The molecule has 2 aliphatic rings. The topological polar surface area (TPSA) is 41.6 Å². The van der Waals surface area contributed by atoms with Crippen molar-refractivity contribution < 1.29 is 9.53 Å². The Bertz CT molecular complexity index is 641. The van der Waals surface area contributed by atoms with Crippen LogP contribution >= 0.6 is 23.6 Å². The fourth-order valence-corrected chi connectivity index (χ4v) is 5.44. The van der Waals surface area contributed by atoms with Crippen LogP contribution in [0.1, 0.15) is 53.9 Å². The van der Waals surface area contributed by atoms with Crippen LogP contribution in [0.15, 0.2) is 0 Å². The van der Waals surface area contributed by atoms with E-state index in [-0.39, 0.29) is 5.97 Å². The molecule has 4 nitrogen and oxygen atoms in total. The van der Waals surface area contributed by atoms with E-state index in [0.29, 0.717) is 17.4 Å². The summed E-state index contributed by atoms with van der Waals surface area (Å²) >= 11 is 7.30. The van der Waals surface area contributed by atoms with Gasteiger partial charge in [0.1, 0.15) is 5.00 Å². The molecule has 1 aromatic rings. The lowest BCUT2D eigenvalue weighted by atomic mass is 9.88. The second-order valence-electron chi connectivity index (χ2n) is 7.17. The zero-order chi connectivity index (χ0) is 17.3. The molecule has 6 heteroatoms. The van der Waals surface area contributed by atoms with Crippen molar-refractivity contribution in [2.24, 2.45) is 11.8 Å². The number of methoxy groups -OCH3 is 1. The number of likely N-dealkylation sites (tertiary alicyclic amines) is 1. The second-order valence-corrected chi connectivity index (χ2v) is 8.66. The third kappa shape index (κ3) is 3.59. The van der Waals surface area contributed by atoms with Gasteiger partial charge in [-0.05, 0) is 61.7 Å². The van der Waals surface area contributed by atoms with Crippen LogP contribution in [-0.4, -0.2) is 36.2 Å². The van der Waals surface area contributed by atoms with E-state index in [4.69, 9.17) is 17.0 Å². The van der Waals surface area contributed by atoms with Crippen molar-refractivity contribution in [3.63, 3.8) is 0 Å². The average molecular weight is 367 g/mol. The molecule has 0 saturated carbocycles. The van der Waals surface area contributed by atoms with Gasteiger partial charge in [-0.15, -0.1) is 11.3 Å². The lowest BCUT2D eigenvalue weighted by molar-refractivity contribution is 0.0601. The van der Waals surface area contributed by atoms with Crippen molar-refractivity contribution in [2.45, 2.75) is 46.0 Å². The van der Waals surface area contributed by atoms with Gasteiger partial charge in [-0.25, -0.2) is 4.79 Å². The Morgan fingerprint density at radius 2 is 2.12 bits per heavy atom. The van der Waals surface area contributed by atoms with Crippen LogP contribution in [0.4, 0.5) is 5.00 Å². The number of thiocarbonyl (C=S) groups is 1. The van der Waals surface area contributed by atoms with Crippen LogP contribution in [0.3, 0.4) is 0 Å². The normalized spacial score (nSPS) is 23.5. The maximum absolute atomic E-state index is 12.3. The number of anilines is 1. The highest BCUT2D eigenvalue weighted by Gasteiger charge is 2.29. The number of hydrogen-bond donors (Lipinski definition) is 1. The lowest BCUT2D eigenvalue weighted by Crippen LogP contribution is -2.41. The average Bonchev–Trinajstić information content (AvgIpc) is 2.90. The van der Waals surface area contributed by atoms with Crippen LogP contribution in [0, 0.1) is 11.8 Å². The van der Waals surface area contributed by atoms with Gasteiger partial charge in [0.25, 0.3) is 0 Å². The third-order valence-electron chi connectivity index (χ3n) is 5.07. The predicted octanol–water partition coefficient (Wildman–Crippen LogP) is 4.09. The zero-order valence-electron chi connectivity index (χ0n) is 14.7. The molecular weight excluding hydrogens is 340 g/mol. The summed E-state index contributed by atoms with van der Waals surface area (Å²) in [5.41, 5.74) is 1.87. The number of piperidine rings is 1. The molecule has 1 aromatic heterocycles. The molecule has 0 amide bonds. The molecule has 1 N–H and O–H groups in total. The molecule has 0 radical (unpaired) electrons. The summed E-state index contributed by atoms with van der Waals surface area (Å²) in [5.74, 6) is 1.08. The van der Waals surface area contributed by atoms with Gasteiger partial charge in [-0.2, -0.15) is 0 Å². The molecule has 1 aliphatic heterocycles. The maximum Gasteiger partial charge on any atom is 0.341 e. The number of nitrogens with zero attached hydrogens (tertiary/aromatic N) is 1. The van der Waals surface area contributed by atoms with Gasteiger partial charge in [-0.3, -0.25) is 0 Å². The first kappa shape index (κ1) is 17.7. The first-order valence-corrected chi connectivity index (χ1v) is 10.0. The molecule has 2 unspecified atom stereocenters. The SMILES string of the molecule is COC(=O)c1c(NC(=S)N2CCCC(C)C2)sc2c1CCC(C)C2. The molecule has 2 heterocycles. The lowest BCUT2D eigenvalue weighted by Gasteiger charge is -2.33. The number of carbonyl (C=O) groups excluding carboxylic acids is 1. The molecule has 3 rings (SSSR count). The molecule has 0 bridgehead atoms. The standard InChI is InChI=1S/C18H26N2O2S2/c1-11-6-7-13-14(9-11)24-16(15(13)17(21)22-3)19-18(23)20-8-4-5-12(2)10-20/h11-12H,4-10H2,1-3H3,(H,19,23). The summed E-state index contributed by atoms with van der Waals surface area (Å²) in [4.78, 5) is 15.9. The Hall–Kier alpha value is -1.14. The smallest absolute Gasteiger partial charge is 0.341 e. The van der Waals surface area contributed by atoms with Gasteiger partial charge in [0.15, 0.2) is 5.11 Å². The number of thiophene rings is 1. The fraction of sp³-hybridized carbons (Fsp3) is 0.667. The van der Waals surface area contributed by atoms with Crippen molar-refractivity contribution in [2.75, 3.05) is 25.5 Å². The molecule has 0 aromatic carbocycles. The number of esters is 1. The van der Waals surface area contributed by atoms with E-state index in [2.05, 4.69) is 24.1 Å². The van der Waals surface area contributed by atoms with Crippen molar-refractivity contribution in [3.05, 3.63) is 16.0 Å².